The van der Waals surface area contributed by atoms with Gasteiger partial charge in [0, 0.05) is 0 Å². The van der Waals surface area contributed by atoms with Crippen LogP contribution in [0.25, 0.3) is 0 Å². The molecule has 0 N–H and O–H groups in total. The van der Waals surface area contributed by atoms with Crippen molar-refractivity contribution in [3.63, 3.8) is 0 Å². The first kappa shape index (κ1) is 27.4. The molecule has 0 saturated heterocycles. The van der Waals surface area contributed by atoms with Crippen molar-refractivity contribution in [2.24, 2.45) is 0 Å². The van der Waals surface area contributed by atoms with Gasteiger partial charge in [-0.05, 0) is 112 Å². The van der Waals surface area contributed by atoms with E-state index in [1.807, 2.05) is 0 Å². The minimum atomic E-state index is 1.17. The van der Waals surface area contributed by atoms with Crippen LogP contribution < -0.4 is 0 Å². The summed E-state index contributed by atoms with van der Waals surface area (Å²) in [5, 5.41) is 0. The zero-order valence-electron chi connectivity index (χ0n) is 20.4. The van der Waals surface area contributed by atoms with E-state index >= 15 is 0 Å². The molecule has 0 heteroatoms. The number of unbranched alkanes of at least 4 members (excludes halogenated alkanes) is 4. The average Bonchev–Trinajstić information content (AvgIpc) is 2.65. The first-order chi connectivity index (χ1) is 13.9. The molecule has 0 aromatic heterocycles. The van der Waals surface area contributed by atoms with Crippen molar-refractivity contribution in [1.82, 2.24) is 0 Å². The predicted molar refractivity (Wildman–Crippen MR) is 135 cm³/mol. The van der Waals surface area contributed by atoms with Crippen LogP contribution in [0.4, 0.5) is 0 Å². The lowest BCUT2D eigenvalue weighted by atomic mass is 10.1. The highest BCUT2D eigenvalue weighted by Gasteiger charge is 1.91. The molecule has 164 valence electrons. The molecule has 0 aromatic carbocycles. The Balaban J connectivity index is 3.75. The van der Waals surface area contributed by atoms with Gasteiger partial charge < -0.3 is 0 Å². The molecule has 0 aliphatic heterocycles. The van der Waals surface area contributed by atoms with Crippen LogP contribution in [0.3, 0.4) is 0 Å². The molecule has 0 unspecified atom stereocenters. The summed E-state index contributed by atoms with van der Waals surface area (Å²) in [6.45, 7) is 13.2. The topological polar surface area (TPSA) is 0 Å². The second-order valence-electron chi connectivity index (χ2n) is 8.77. The summed E-state index contributed by atoms with van der Waals surface area (Å²) in [7, 11) is 0. The summed E-state index contributed by atoms with van der Waals surface area (Å²) in [4.78, 5) is 0. The van der Waals surface area contributed by atoms with Gasteiger partial charge in [0.05, 0.1) is 0 Å². The average molecular weight is 397 g/mol. The third-order valence-electron chi connectivity index (χ3n) is 4.91. The van der Waals surface area contributed by atoms with Crippen LogP contribution in [0.5, 0.6) is 0 Å². The quantitative estimate of drug-likeness (QED) is 0.180. The highest BCUT2D eigenvalue weighted by atomic mass is 14.0. The maximum atomic E-state index is 2.44. The molecule has 0 rings (SSSR count). The highest BCUT2D eigenvalue weighted by Crippen LogP contribution is 2.12. The van der Waals surface area contributed by atoms with Crippen molar-refractivity contribution in [1.29, 1.82) is 0 Å². The van der Waals surface area contributed by atoms with Crippen LogP contribution in [0.1, 0.15) is 112 Å². The second-order valence-corrected chi connectivity index (χ2v) is 8.77. The Hall–Kier alpha value is -1.56. The maximum Gasteiger partial charge on any atom is -0.0288 e. The van der Waals surface area contributed by atoms with Gasteiger partial charge in [-0.25, -0.2) is 0 Å². The molecule has 0 amide bonds. The minimum absolute atomic E-state index is 1.17. The fourth-order valence-electron chi connectivity index (χ4n) is 3.05. The molecule has 0 nitrogen and oxygen atoms in total. The van der Waals surface area contributed by atoms with Crippen LogP contribution in [-0.4, -0.2) is 0 Å². The van der Waals surface area contributed by atoms with Crippen molar-refractivity contribution in [3.05, 3.63) is 70.9 Å². The Morgan fingerprint density at radius 1 is 0.414 bits per heavy atom. The van der Waals surface area contributed by atoms with Crippen LogP contribution in [0, 0.1) is 0 Å². The molecule has 0 aliphatic rings. The maximum absolute atomic E-state index is 2.44. The van der Waals surface area contributed by atoms with Gasteiger partial charge >= 0.3 is 0 Å². The number of rotatable bonds is 16. The summed E-state index contributed by atoms with van der Waals surface area (Å²) in [5.41, 5.74) is 5.92. The molecule has 0 aromatic rings. The van der Waals surface area contributed by atoms with Gasteiger partial charge in [0.15, 0.2) is 0 Å². The summed E-state index contributed by atoms with van der Waals surface area (Å²) >= 11 is 0. The van der Waals surface area contributed by atoms with Crippen LogP contribution in [0.2, 0.25) is 0 Å². The molecule has 0 aliphatic carbocycles. The van der Waals surface area contributed by atoms with Crippen molar-refractivity contribution in [3.8, 4) is 0 Å². The lowest BCUT2D eigenvalue weighted by molar-refractivity contribution is 0.836. The lowest BCUT2D eigenvalue weighted by Crippen LogP contribution is -1.80. The zero-order chi connectivity index (χ0) is 21.7. The molecular formula is C29H48. The van der Waals surface area contributed by atoms with Crippen LogP contribution >= 0.6 is 0 Å². The van der Waals surface area contributed by atoms with Gasteiger partial charge in [0.25, 0.3) is 0 Å². The first-order valence-electron chi connectivity index (χ1n) is 11.8. The van der Waals surface area contributed by atoms with Crippen molar-refractivity contribution >= 4 is 0 Å². The molecule has 0 fully saturated rings. The molecule has 0 heterocycles. The fourth-order valence-corrected chi connectivity index (χ4v) is 3.05. The smallest absolute Gasteiger partial charge is 0.0288 e. The summed E-state index contributed by atoms with van der Waals surface area (Å²) in [6, 6.07) is 0. The Morgan fingerprint density at radius 3 is 1.17 bits per heavy atom. The molecule has 0 saturated carbocycles. The standard InChI is InChI=1S/C29H48/c1-26(2)20-14-9-7-11-16-22-28(5)24-18-13-19-25-29(6)23-17-12-8-10-15-21-27(3)4/h7-8,11-12,20-21,24-25H,9-10,13-19,22-23H2,1-6H3/b11-7+,12-8+,28-24-,29-25-. The Labute approximate surface area is 183 Å². The van der Waals surface area contributed by atoms with E-state index in [-0.39, 0.29) is 0 Å². The van der Waals surface area contributed by atoms with Crippen molar-refractivity contribution in [2.45, 2.75) is 112 Å². The van der Waals surface area contributed by atoms with Gasteiger partial charge in [-0.1, -0.05) is 70.9 Å². The summed E-state index contributed by atoms with van der Waals surface area (Å²) in [6.07, 6.45) is 32.0. The van der Waals surface area contributed by atoms with E-state index in [0.29, 0.717) is 0 Å². The van der Waals surface area contributed by atoms with E-state index in [9.17, 15) is 0 Å². The summed E-state index contributed by atoms with van der Waals surface area (Å²) < 4.78 is 0. The van der Waals surface area contributed by atoms with Gasteiger partial charge in [-0.3, -0.25) is 0 Å². The molecule has 29 heavy (non-hydrogen) atoms. The third kappa shape index (κ3) is 22.6. The van der Waals surface area contributed by atoms with Gasteiger partial charge in [0.2, 0.25) is 0 Å². The van der Waals surface area contributed by atoms with Crippen LogP contribution in [0.15, 0.2) is 70.9 Å². The number of hydrogen-bond acceptors (Lipinski definition) is 0. The molecule has 0 atom stereocenters. The first-order valence-corrected chi connectivity index (χ1v) is 11.8. The van der Waals surface area contributed by atoms with E-state index in [2.05, 4.69) is 90.2 Å². The second kappa shape index (κ2) is 19.7. The molecule has 0 spiro atoms. The monoisotopic (exact) mass is 396 g/mol. The van der Waals surface area contributed by atoms with Gasteiger partial charge in [-0.15, -0.1) is 0 Å². The Morgan fingerprint density at radius 2 is 0.793 bits per heavy atom. The SMILES string of the molecule is CC(C)=CCC/C=C/CC/C(C)=C\CCC/C=C(/C)CC/C=C/CCC=C(C)C. The van der Waals surface area contributed by atoms with E-state index in [4.69, 9.17) is 0 Å². The predicted octanol–water partition coefficient (Wildman–Crippen LogP) is 10.2. The third-order valence-corrected chi connectivity index (χ3v) is 4.91. The summed E-state index contributed by atoms with van der Waals surface area (Å²) in [5.74, 6) is 0. The highest BCUT2D eigenvalue weighted by molar-refractivity contribution is 5.03. The number of allylic oxidation sites excluding steroid dienone is 12. The molecule has 0 bridgehead atoms. The Bertz CT molecular complexity index is 515. The van der Waals surface area contributed by atoms with Crippen LogP contribution in [-0.2, 0) is 0 Å². The van der Waals surface area contributed by atoms with E-state index in [1.165, 1.54) is 92.9 Å². The zero-order valence-corrected chi connectivity index (χ0v) is 20.4. The Kier molecular flexibility index (Phi) is 18.7. The molecular weight excluding hydrogens is 348 g/mol. The normalized spacial score (nSPS) is 12.8. The van der Waals surface area contributed by atoms with Gasteiger partial charge in [0.1, 0.15) is 0 Å². The van der Waals surface area contributed by atoms with Crippen molar-refractivity contribution < 1.29 is 0 Å². The number of hydrogen-bond donors (Lipinski definition) is 0. The van der Waals surface area contributed by atoms with Crippen molar-refractivity contribution in [2.75, 3.05) is 0 Å². The van der Waals surface area contributed by atoms with Gasteiger partial charge in [-0.2, -0.15) is 0 Å². The fraction of sp³-hybridized carbons (Fsp3) is 0.586. The van der Waals surface area contributed by atoms with E-state index < -0.39 is 0 Å². The minimum Gasteiger partial charge on any atom is -0.0882 e. The largest absolute Gasteiger partial charge is 0.0882 e. The lowest BCUT2D eigenvalue weighted by Gasteiger charge is -2.00. The van der Waals surface area contributed by atoms with E-state index in [1.54, 1.807) is 0 Å². The van der Waals surface area contributed by atoms with E-state index in [0.717, 1.165) is 0 Å². The molecule has 0 radical (unpaired) electrons.